The fraction of sp³-hybridized carbons (Fsp3) is 0.278. The summed E-state index contributed by atoms with van der Waals surface area (Å²) >= 11 is 6.13. The molecule has 1 aromatic carbocycles. The Morgan fingerprint density at radius 2 is 2.12 bits per heavy atom. The van der Waals surface area contributed by atoms with Gasteiger partial charge in [-0.1, -0.05) is 23.7 Å². The molecule has 1 atom stereocenters. The predicted molar refractivity (Wildman–Crippen MR) is 95.6 cm³/mol. The first-order chi connectivity index (χ1) is 11.5. The average Bonchev–Trinajstić information content (AvgIpc) is 2.95. The van der Waals surface area contributed by atoms with E-state index in [2.05, 4.69) is 40.1 Å². The minimum Gasteiger partial charge on any atom is -0.294 e. The van der Waals surface area contributed by atoms with E-state index in [0.717, 1.165) is 29.1 Å². The smallest absolute Gasteiger partial charge is 0.115 e. The fourth-order valence-electron chi connectivity index (χ4n) is 2.71. The van der Waals surface area contributed by atoms with E-state index in [4.69, 9.17) is 11.6 Å². The van der Waals surface area contributed by atoms with Crippen LogP contribution >= 0.6 is 11.6 Å². The van der Waals surface area contributed by atoms with Crippen LogP contribution in [0.1, 0.15) is 24.2 Å². The molecule has 24 heavy (non-hydrogen) atoms. The summed E-state index contributed by atoms with van der Waals surface area (Å²) in [6, 6.07) is 9.93. The van der Waals surface area contributed by atoms with Crippen molar-refractivity contribution in [2.75, 3.05) is 7.05 Å². The molecule has 2 aromatic heterocycles. The van der Waals surface area contributed by atoms with Gasteiger partial charge in [-0.15, -0.1) is 0 Å². The van der Waals surface area contributed by atoms with Gasteiger partial charge in [0.1, 0.15) is 6.33 Å². The zero-order valence-corrected chi connectivity index (χ0v) is 14.8. The van der Waals surface area contributed by atoms with Crippen LogP contribution in [0, 0.1) is 0 Å². The second kappa shape index (κ2) is 7.11. The first-order valence-corrected chi connectivity index (χ1v) is 8.17. The average molecular weight is 342 g/mol. The van der Waals surface area contributed by atoms with E-state index >= 15 is 0 Å². The van der Waals surface area contributed by atoms with Crippen molar-refractivity contribution in [3.8, 4) is 11.3 Å². The molecule has 0 saturated heterocycles. The van der Waals surface area contributed by atoms with Crippen molar-refractivity contribution in [3.05, 3.63) is 65.3 Å². The number of halogens is 1. The van der Waals surface area contributed by atoms with Gasteiger partial charge in [-0.3, -0.25) is 9.58 Å². The Morgan fingerprint density at radius 3 is 2.83 bits per heavy atom. The third-order valence-electron chi connectivity index (χ3n) is 4.12. The van der Waals surface area contributed by atoms with E-state index in [1.54, 1.807) is 12.5 Å². The van der Waals surface area contributed by atoms with Crippen LogP contribution < -0.4 is 0 Å². The van der Waals surface area contributed by atoms with Gasteiger partial charge in [0.15, 0.2) is 0 Å². The van der Waals surface area contributed by atoms with Gasteiger partial charge >= 0.3 is 0 Å². The normalized spacial score (nSPS) is 12.5. The molecule has 0 radical (unpaired) electrons. The SMILES string of the molecule is C[C@@H](c1ccncn1)N(C)Cc1cn(C)nc1-c1cccc(Cl)c1. The van der Waals surface area contributed by atoms with Crippen LogP contribution in [0.5, 0.6) is 0 Å². The predicted octanol–water partition coefficient (Wildman–Crippen LogP) is 3.72. The quantitative estimate of drug-likeness (QED) is 0.709. The van der Waals surface area contributed by atoms with Gasteiger partial charge in [-0.25, -0.2) is 9.97 Å². The van der Waals surface area contributed by atoms with Crippen LogP contribution in [0.3, 0.4) is 0 Å². The number of aryl methyl sites for hydroxylation is 1. The largest absolute Gasteiger partial charge is 0.294 e. The standard InChI is InChI=1S/C18H20ClN5/c1-13(17-7-8-20-12-21-17)23(2)10-15-11-24(3)22-18(15)14-5-4-6-16(19)9-14/h4-9,11-13H,10H2,1-3H3/t13-/m0/s1. The summed E-state index contributed by atoms with van der Waals surface area (Å²) in [5.74, 6) is 0. The molecule has 124 valence electrons. The van der Waals surface area contributed by atoms with E-state index in [9.17, 15) is 0 Å². The summed E-state index contributed by atoms with van der Waals surface area (Å²) in [5.41, 5.74) is 4.15. The van der Waals surface area contributed by atoms with Crippen LogP contribution in [-0.4, -0.2) is 31.7 Å². The third-order valence-corrected chi connectivity index (χ3v) is 4.35. The highest BCUT2D eigenvalue weighted by molar-refractivity contribution is 6.30. The lowest BCUT2D eigenvalue weighted by molar-refractivity contribution is 0.248. The van der Waals surface area contributed by atoms with Gasteiger partial charge in [-0.05, 0) is 32.2 Å². The summed E-state index contributed by atoms with van der Waals surface area (Å²) in [6.07, 6.45) is 5.41. The number of aromatic nitrogens is 4. The van der Waals surface area contributed by atoms with Gasteiger partial charge in [0.25, 0.3) is 0 Å². The molecule has 2 heterocycles. The van der Waals surface area contributed by atoms with Crippen LogP contribution in [0.2, 0.25) is 5.02 Å². The zero-order valence-electron chi connectivity index (χ0n) is 14.0. The van der Waals surface area contributed by atoms with Gasteiger partial charge in [-0.2, -0.15) is 5.10 Å². The summed E-state index contributed by atoms with van der Waals surface area (Å²) in [6.45, 7) is 2.90. The molecule has 3 rings (SSSR count). The van der Waals surface area contributed by atoms with Crippen molar-refractivity contribution < 1.29 is 0 Å². The molecule has 6 heteroatoms. The highest BCUT2D eigenvalue weighted by atomic mass is 35.5. The van der Waals surface area contributed by atoms with Gasteiger partial charge < -0.3 is 0 Å². The topological polar surface area (TPSA) is 46.8 Å². The first-order valence-electron chi connectivity index (χ1n) is 7.79. The number of nitrogens with zero attached hydrogens (tertiary/aromatic N) is 5. The lowest BCUT2D eigenvalue weighted by Crippen LogP contribution is -2.22. The highest BCUT2D eigenvalue weighted by Crippen LogP contribution is 2.27. The molecule has 5 nitrogen and oxygen atoms in total. The van der Waals surface area contributed by atoms with E-state index in [0.29, 0.717) is 5.02 Å². The molecular formula is C18H20ClN5. The summed E-state index contributed by atoms with van der Waals surface area (Å²) in [5, 5.41) is 5.33. The van der Waals surface area contributed by atoms with E-state index in [1.807, 2.05) is 42.1 Å². The van der Waals surface area contributed by atoms with Crippen LogP contribution in [0.15, 0.2) is 49.1 Å². The molecular weight excluding hydrogens is 322 g/mol. The lowest BCUT2D eigenvalue weighted by atomic mass is 10.1. The van der Waals surface area contributed by atoms with Crippen molar-refractivity contribution in [2.24, 2.45) is 7.05 Å². The van der Waals surface area contributed by atoms with Crippen molar-refractivity contribution in [1.82, 2.24) is 24.6 Å². The molecule has 0 aliphatic carbocycles. The molecule has 0 spiro atoms. The summed E-state index contributed by atoms with van der Waals surface area (Å²) in [7, 11) is 4.02. The van der Waals surface area contributed by atoms with Crippen molar-refractivity contribution >= 4 is 11.6 Å². The molecule has 0 N–H and O–H groups in total. The van der Waals surface area contributed by atoms with Crippen molar-refractivity contribution in [2.45, 2.75) is 19.5 Å². The maximum absolute atomic E-state index is 6.13. The second-order valence-corrected chi connectivity index (χ2v) is 6.35. The maximum Gasteiger partial charge on any atom is 0.115 e. The molecule has 0 unspecified atom stereocenters. The van der Waals surface area contributed by atoms with Crippen LogP contribution in [0.4, 0.5) is 0 Å². The van der Waals surface area contributed by atoms with Crippen LogP contribution in [0.25, 0.3) is 11.3 Å². The Balaban J connectivity index is 1.85. The Hall–Kier alpha value is -2.24. The first kappa shape index (κ1) is 16.6. The fourth-order valence-corrected chi connectivity index (χ4v) is 2.90. The Labute approximate surface area is 146 Å². The summed E-state index contributed by atoms with van der Waals surface area (Å²) in [4.78, 5) is 10.6. The summed E-state index contributed by atoms with van der Waals surface area (Å²) < 4.78 is 1.84. The maximum atomic E-state index is 6.13. The lowest BCUT2D eigenvalue weighted by Gasteiger charge is -2.24. The molecule has 0 aliphatic heterocycles. The number of hydrogen-bond acceptors (Lipinski definition) is 4. The molecule has 0 amide bonds. The Morgan fingerprint density at radius 1 is 1.29 bits per heavy atom. The van der Waals surface area contributed by atoms with E-state index in [-0.39, 0.29) is 6.04 Å². The van der Waals surface area contributed by atoms with E-state index < -0.39 is 0 Å². The third kappa shape index (κ3) is 3.63. The Bertz CT molecular complexity index is 815. The zero-order chi connectivity index (χ0) is 17.1. The number of rotatable bonds is 5. The minimum atomic E-state index is 0.181. The molecule has 0 fully saturated rings. The Kier molecular flexibility index (Phi) is 4.92. The molecule has 0 saturated carbocycles. The minimum absolute atomic E-state index is 0.181. The van der Waals surface area contributed by atoms with Gasteiger partial charge in [0.2, 0.25) is 0 Å². The molecule has 0 bridgehead atoms. The monoisotopic (exact) mass is 341 g/mol. The van der Waals surface area contributed by atoms with Crippen LogP contribution in [-0.2, 0) is 13.6 Å². The van der Waals surface area contributed by atoms with E-state index in [1.165, 1.54) is 0 Å². The van der Waals surface area contributed by atoms with Gasteiger partial charge in [0, 0.05) is 48.2 Å². The highest BCUT2D eigenvalue weighted by Gasteiger charge is 2.17. The van der Waals surface area contributed by atoms with Crippen molar-refractivity contribution in [1.29, 1.82) is 0 Å². The van der Waals surface area contributed by atoms with Crippen molar-refractivity contribution in [3.63, 3.8) is 0 Å². The molecule has 3 aromatic rings. The number of benzene rings is 1. The molecule has 0 aliphatic rings. The second-order valence-electron chi connectivity index (χ2n) is 5.91. The van der Waals surface area contributed by atoms with Gasteiger partial charge in [0.05, 0.1) is 11.4 Å². The number of hydrogen-bond donors (Lipinski definition) is 0.